The van der Waals surface area contributed by atoms with Crippen LogP contribution in [0.2, 0.25) is 0 Å². The van der Waals surface area contributed by atoms with E-state index >= 15 is 0 Å². The Morgan fingerprint density at radius 3 is 2.26 bits per heavy atom. The van der Waals surface area contributed by atoms with Crippen molar-refractivity contribution in [2.75, 3.05) is 17.1 Å². The zero-order valence-electron chi connectivity index (χ0n) is 17.0. The van der Waals surface area contributed by atoms with Crippen molar-refractivity contribution in [1.82, 2.24) is 5.43 Å². The number of anilines is 1. The quantitative estimate of drug-likeness (QED) is 0.411. The summed E-state index contributed by atoms with van der Waals surface area (Å²) in [6.45, 7) is 0.0186. The Bertz CT molecular complexity index is 1130. The molecule has 3 aromatic rings. The molecule has 0 bridgehead atoms. The van der Waals surface area contributed by atoms with Crippen molar-refractivity contribution in [1.29, 1.82) is 0 Å². The van der Waals surface area contributed by atoms with Gasteiger partial charge < -0.3 is 4.74 Å². The zero-order valence-corrected chi connectivity index (χ0v) is 17.8. The minimum absolute atomic E-state index is 0.383. The van der Waals surface area contributed by atoms with E-state index in [1.54, 1.807) is 30.3 Å². The van der Waals surface area contributed by atoms with E-state index < -0.39 is 15.9 Å². The van der Waals surface area contributed by atoms with Gasteiger partial charge in [-0.1, -0.05) is 60.7 Å². The van der Waals surface area contributed by atoms with Gasteiger partial charge >= 0.3 is 0 Å². The summed E-state index contributed by atoms with van der Waals surface area (Å²) < 4.78 is 31.1. The predicted molar refractivity (Wildman–Crippen MR) is 122 cm³/mol. The van der Waals surface area contributed by atoms with Crippen LogP contribution in [-0.4, -0.2) is 33.3 Å². The number of benzene rings is 3. The van der Waals surface area contributed by atoms with Crippen LogP contribution in [0.1, 0.15) is 11.1 Å². The molecule has 8 heteroatoms. The molecule has 3 aromatic carbocycles. The lowest BCUT2D eigenvalue weighted by Crippen LogP contribution is -2.38. The number of carbonyl (C=O) groups is 1. The maximum Gasteiger partial charge on any atom is 0.260 e. The molecular weight excluding hydrogens is 414 g/mol. The summed E-state index contributed by atoms with van der Waals surface area (Å²) in [6, 6.07) is 25.5. The fourth-order valence-electron chi connectivity index (χ4n) is 2.79. The molecule has 31 heavy (non-hydrogen) atoms. The normalized spacial score (nSPS) is 11.3. The van der Waals surface area contributed by atoms with Gasteiger partial charge in [0, 0.05) is 5.56 Å². The molecule has 1 N–H and O–H groups in total. The van der Waals surface area contributed by atoms with Gasteiger partial charge in [0.1, 0.15) is 18.9 Å². The average molecular weight is 438 g/mol. The number of para-hydroxylation sites is 2. The molecule has 0 aliphatic carbocycles. The van der Waals surface area contributed by atoms with E-state index in [2.05, 4.69) is 10.5 Å². The Kier molecular flexibility index (Phi) is 7.40. The number of hydrazone groups is 1. The van der Waals surface area contributed by atoms with E-state index in [9.17, 15) is 13.2 Å². The summed E-state index contributed by atoms with van der Waals surface area (Å²) in [5.41, 5.74) is 4.49. The average Bonchev–Trinajstić information content (AvgIpc) is 2.77. The maximum absolute atomic E-state index is 12.3. The summed E-state index contributed by atoms with van der Waals surface area (Å²) in [5.74, 6) is 0.0552. The van der Waals surface area contributed by atoms with Gasteiger partial charge in [-0.15, -0.1) is 0 Å². The molecule has 0 atom stereocenters. The van der Waals surface area contributed by atoms with E-state index in [1.807, 2.05) is 54.6 Å². The van der Waals surface area contributed by atoms with Crippen LogP contribution in [0.25, 0.3) is 0 Å². The largest absolute Gasteiger partial charge is 0.488 e. The molecule has 0 fully saturated rings. The smallest absolute Gasteiger partial charge is 0.260 e. The standard InChI is InChI=1S/C23H23N3O4S/c1-31(28,29)26(21-13-6-3-7-14-21)17-23(27)25-24-16-20-12-8-9-15-22(20)30-18-19-10-4-2-5-11-19/h2-16H,17-18H2,1H3,(H,25,27)/b24-16-. The number of sulfonamides is 1. The van der Waals surface area contributed by atoms with Gasteiger partial charge in [-0.3, -0.25) is 9.10 Å². The minimum atomic E-state index is -3.63. The molecule has 3 rings (SSSR count). The number of rotatable bonds is 9. The summed E-state index contributed by atoms with van der Waals surface area (Å²) in [4.78, 5) is 12.3. The van der Waals surface area contributed by atoms with Crippen molar-refractivity contribution in [2.45, 2.75) is 6.61 Å². The van der Waals surface area contributed by atoms with E-state index in [4.69, 9.17) is 4.74 Å². The summed E-state index contributed by atoms with van der Waals surface area (Å²) in [6.07, 6.45) is 2.52. The molecular formula is C23H23N3O4S. The Labute approximate surface area is 182 Å². The van der Waals surface area contributed by atoms with E-state index in [0.29, 0.717) is 23.6 Å². The number of nitrogens with one attached hydrogen (secondary N) is 1. The minimum Gasteiger partial charge on any atom is -0.488 e. The van der Waals surface area contributed by atoms with Crippen LogP contribution in [0.4, 0.5) is 5.69 Å². The highest BCUT2D eigenvalue weighted by Gasteiger charge is 2.20. The number of hydrogen-bond donors (Lipinski definition) is 1. The molecule has 0 heterocycles. The molecule has 0 spiro atoms. The predicted octanol–water partition coefficient (Wildman–Crippen LogP) is 3.18. The van der Waals surface area contributed by atoms with Crippen molar-refractivity contribution in [2.24, 2.45) is 5.10 Å². The zero-order chi connectivity index (χ0) is 22.1. The highest BCUT2D eigenvalue weighted by molar-refractivity contribution is 7.92. The molecule has 160 valence electrons. The molecule has 0 radical (unpaired) electrons. The molecule has 0 aliphatic heterocycles. The van der Waals surface area contributed by atoms with Crippen LogP contribution < -0.4 is 14.5 Å². The summed E-state index contributed by atoms with van der Waals surface area (Å²) in [7, 11) is -3.63. The molecule has 1 amide bonds. The van der Waals surface area contributed by atoms with Crippen LogP contribution in [0.5, 0.6) is 5.75 Å². The van der Waals surface area contributed by atoms with Crippen LogP contribution in [-0.2, 0) is 21.4 Å². The van der Waals surface area contributed by atoms with Gasteiger partial charge in [-0.2, -0.15) is 5.10 Å². The van der Waals surface area contributed by atoms with Gasteiger partial charge in [-0.25, -0.2) is 13.8 Å². The van der Waals surface area contributed by atoms with E-state index in [-0.39, 0.29) is 6.54 Å². The Morgan fingerprint density at radius 1 is 0.968 bits per heavy atom. The van der Waals surface area contributed by atoms with Gasteiger partial charge in [0.15, 0.2) is 0 Å². The Hall–Kier alpha value is -3.65. The number of carbonyl (C=O) groups excluding carboxylic acids is 1. The molecule has 0 aliphatic rings. The van der Waals surface area contributed by atoms with Crippen molar-refractivity contribution < 1.29 is 17.9 Å². The second-order valence-corrected chi connectivity index (χ2v) is 8.62. The lowest BCUT2D eigenvalue weighted by molar-refractivity contribution is -0.119. The van der Waals surface area contributed by atoms with Crippen LogP contribution in [0, 0.1) is 0 Å². The first kappa shape index (κ1) is 22.0. The molecule has 0 unspecified atom stereocenters. The number of hydrogen-bond acceptors (Lipinski definition) is 5. The van der Waals surface area contributed by atoms with Crippen LogP contribution >= 0.6 is 0 Å². The van der Waals surface area contributed by atoms with Gasteiger partial charge in [-0.05, 0) is 29.8 Å². The SMILES string of the molecule is CS(=O)(=O)N(CC(=O)N/N=C\c1ccccc1OCc1ccccc1)c1ccccc1. The molecule has 0 saturated heterocycles. The lowest BCUT2D eigenvalue weighted by Gasteiger charge is -2.21. The maximum atomic E-state index is 12.3. The Balaban J connectivity index is 1.63. The van der Waals surface area contributed by atoms with Crippen molar-refractivity contribution in [3.8, 4) is 5.75 Å². The van der Waals surface area contributed by atoms with Gasteiger partial charge in [0.2, 0.25) is 10.0 Å². The molecule has 0 saturated carbocycles. The van der Waals surface area contributed by atoms with Gasteiger partial charge in [0.05, 0.1) is 18.2 Å². The van der Waals surface area contributed by atoms with Crippen molar-refractivity contribution in [3.05, 3.63) is 96.1 Å². The van der Waals surface area contributed by atoms with E-state index in [1.165, 1.54) is 6.21 Å². The summed E-state index contributed by atoms with van der Waals surface area (Å²) >= 11 is 0. The first-order chi connectivity index (χ1) is 14.9. The van der Waals surface area contributed by atoms with Crippen molar-refractivity contribution >= 4 is 27.8 Å². The van der Waals surface area contributed by atoms with Gasteiger partial charge in [0.25, 0.3) is 5.91 Å². The third-order valence-corrected chi connectivity index (χ3v) is 5.42. The lowest BCUT2D eigenvalue weighted by atomic mass is 10.2. The highest BCUT2D eigenvalue weighted by atomic mass is 32.2. The first-order valence-corrected chi connectivity index (χ1v) is 11.4. The van der Waals surface area contributed by atoms with Crippen molar-refractivity contribution in [3.63, 3.8) is 0 Å². The number of ether oxygens (including phenoxy) is 1. The topological polar surface area (TPSA) is 88.1 Å². The monoisotopic (exact) mass is 437 g/mol. The second kappa shape index (κ2) is 10.4. The fourth-order valence-corrected chi connectivity index (χ4v) is 3.64. The molecule has 0 aromatic heterocycles. The number of amides is 1. The van der Waals surface area contributed by atoms with E-state index in [0.717, 1.165) is 16.1 Å². The summed E-state index contributed by atoms with van der Waals surface area (Å²) in [5, 5.41) is 3.96. The van der Waals surface area contributed by atoms with Crippen LogP contribution in [0.3, 0.4) is 0 Å². The Morgan fingerprint density at radius 2 is 1.58 bits per heavy atom. The number of nitrogens with zero attached hydrogens (tertiary/aromatic N) is 2. The van der Waals surface area contributed by atoms with Crippen LogP contribution in [0.15, 0.2) is 90.0 Å². The highest BCUT2D eigenvalue weighted by Crippen LogP contribution is 2.18. The second-order valence-electron chi connectivity index (χ2n) is 6.71. The third-order valence-electron chi connectivity index (χ3n) is 4.28. The molecule has 7 nitrogen and oxygen atoms in total. The third kappa shape index (κ3) is 6.68. The first-order valence-electron chi connectivity index (χ1n) is 9.54. The fraction of sp³-hybridized carbons (Fsp3) is 0.130.